The van der Waals surface area contributed by atoms with Crippen molar-refractivity contribution in [2.45, 2.75) is 17.7 Å². The van der Waals surface area contributed by atoms with Crippen molar-refractivity contribution in [1.29, 1.82) is 0 Å². The molecular weight excluding hydrogens is 420 g/mol. The normalized spacial score (nSPS) is 14.8. The monoisotopic (exact) mass is 442 g/mol. The molecule has 0 unspecified atom stereocenters. The second-order valence-electron chi connectivity index (χ2n) is 6.13. The zero-order chi connectivity index (χ0) is 19.9. The van der Waals surface area contributed by atoms with E-state index < -0.39 is 12.0 Å². The highest BCUT2D eigenvalue weighted by molar-refractivity contribution is 7.98. The van der Waals surface area contributed by atoms with E-state index in [0.717, 1.165) is 36.0 Å². The number of morpholine rings is 1. The van der Waals surface area contributed by atoms with Gasteiger partial charge in [0, 0.05) is 41.7 Å². The summed E-state index contributed by atoms with van der Waals surface area (Å²) in [4.78, 5) is 28.4. The fourth-order valence-corrected chi connectivity index (χ4v) is 5.52. The molecule has 1 aliphatic heterocycles. The van der Waals surface area contributed by atoms with Crippen molar-refractivity contribution in [1.82, 2.24) is 14.6 Å². The molecule has 1 saturated heterocycles. The van der Waals surface area contributed by atoms with Crippen molar-refractivity contribution in [3.63, 3.8) is 0 Å². The van der Waals surface area contributed by atoms with Crippen LogP contribution in [0, 0.1) is 6.92 Å². The zero-order valence-electron chi connectivity index (χ0n) is 15.4. The summed E-state index contributed by atoms with van der Waals surface area (Å²) in [6, 6.07) is 3.64. The number of aryl methyl sites for hydroxylation is 1. The van der Waals surface area contributed by atoms with E-state index in [9.17, 15) is 14.7 Å². The molecule has 152 valence electrons. The molecule has 8 nitrogen and oxygen atoms in total. The summed E-state index contributed by atoms with van der Waals surface area (Å²) in [5.74, 6) is -0.449. The highest BCUT2D eigenvalue weighted by atomic mass is 32.2. The van der Waals surface area contributed by atoms with Gasteiger partial charge in [-0.15, -0.1) is 11.3 Å². The number of thioether (sulfide) groups is 1. The van der Waals surface area contributed by atoms with Crippen LogP contribution in [0.2, 0.25) is 0 Å². The number of amides is 2. The Morgan fingerprint density at radius 2 is 2.14 bits per heavy atom. The first-order valence-corrected chi connectivity index (χ1v) is 11.4. The van der Waals surface area contributed by atoms with Crippen LogP contribution in [-0.2, 0) is 10.5 Å². The number of carboxylic acid groups (broad SMARTS) is 1. The first-order valence-electron chi connectivity index (χ1n) is 8.79. The molecule has 3 rings (SSSR count). The molecule has 0 atom stereocenters. The minimum absolute atomic E-state index is 0.0478. The maximum atomic E-state index is 12.1. The fourth-order valence-electron chi connectivity index (χ4n) is 2.65. The molecule has 0 saturated carbocycles. The number of carbonyl (C=O) groups is 2. The van der Waals surface area contributed by atoms with Gasteiger partial charge in [0.15, 0.2) is 0 Å². The van der Waals surface area contributed by atoms with Crippen LogP contribution in [0.4, 0.5) is 9.80 Å². The van der Waals surface area contributed by atoms with Crippen LogP contribution in [0.3, 0.4) is 0 Å². The number of urea groups is 1. The van der Waals surface area contributed by atoms with Gasteiger partial charge in [-0.3, -0.25) is 10.2 Å². The largest absolute Gasteiger partial charge is 0.477 e. The van der Waals surface area contributed by atoms with Crippen molar-refractivity contribution in [2.24, 2.45) is 0 Å². The van der Waals surface area contributed by atoms with Gasteiger partial charge in [-0.2, -0.15) is 4.37 Å². The predicted molar refractivity (Wildman–Crippen MR) is 112 cm³/mol. The third-order valence-electron chi connectivity index (χ3n) is 4.07. The zero-order valence-corrected chi connectivity index (χ0v) is 17.8. The second kappa shape index (κ2) is 10.2. The number of hydrogen-bond donors (Lipinski definition) is 3. The van der Waals surface area contributed by atoms with Gasteiger partial charge in [-0.1, -0.05) is 11.8 Å². The number of carbonyl (C=O) groups excluding carboxylic acids is 1. The second-order valence-corrected chi connectivity index (χ2v) is 9.24. The lowest BCUT2D eigenvalue weighted by Gasteiger charge is -2.26. The lowest BCUT2D eigenvalue weighted by molar-refractivity contribution is 0.0388. The van der Waals surface area contributed by atoms with Gasteiger partial charge in [0.2, 0.25) is 0 Å². The molecule has 11 heteroatoms. The minimum Gasteiger partial charge on any atom is -0.477 e. The van der Waals surface area contributed by atoms with Crippen LogP contribution in [-0.4, -0.2) is 65.8 Å². The van der Waals surface area contributed by atoms with Gasteiger partial charge >= 0.3 is 12.0 Å². The van der Waals surface area contributed by atoms with Crippen molar-refractivity contribution < 1.29 is 19.4 Å². The summed E-state index contributed by atoms with van der Waals surface area (Å²) >= 11 is 4.03. The summed E-state index contributed by atoms with van der Waals surface area (Å²) < 4.78 is 9.52. The molecular formula is C17H22N4O4S3. The summed E-state index contributed by atoms with van der Waals surface area (Å²) in [5, 5.41) is 15.6. The van der Waals surface area contributed by atoms with Crippen molar-refractivity contribution in [2.75, 3.05) is 44.7 Å². The number of aromatic carboxylic acids is 1. The number of hydrogen-bond acceptors (Lipinski definition) is 8. The maximum Gasteiger partial charge on any atom is 0.341 e. The van der Waals surface area contributed by atoms with Crippen LogP contribution in [0.1, 0.15) is 20.1 Å². The first-order chi connectivity index (χ1) is 13.5. The molecule has 28 heavy (non-hydrogen) atoms. The molecule has 1 aliphatic rings. The number of aromatic nitrogens is 1. The Morgan fingerprint density at radius 1 is 1.36 bits per heavy atom. The smallest absolute Gasteiger partial charge is 0.341 e. The SMILES string of the molecule is Cc1ccc(CSc2nsc(NC(=O)NCCN3CCOCC3)c2C(=O)O)s1. The molecule has 2 aromatic heterocycles. The van der Waals surface area contributed by atoms with Crippen molar-refractivity contribution >= 4 is 51.6 Å². The van der Waals surface area contributed by atoms with Gasteiger partial charge < -0.3 is 15.2 Å². The molecule has 3 heterocycles. The fraction of sp³-hybridized carbons (Fsp3) is 0.471. The number of nitrogens with zero attached hydrogens (tertiary/aromatic N) is 2. The van der Waals surface area contributed by atoms with Gasteiger partial charge in [0.05, 0.1) is 13.2 Å². The summed E-state index contributed by atoms with van der Waals surface area (Å²) in [6.45, 7) is 6.36. The van der Waals surface area contributed by atoms with E-state index >= 15 is 0 Å². The molecule has 2 aromatic rings. The maximum absolute atomic E-state index is 12.1. The van der Waals surface area contributed by atoms with Gasteiger partial charge in [-0.25, -0.2) is 9.59 Å². The van der Waals surface area contributed by atoms with Crippen LogP contribution < -0.4 is 10.6 Å². The van der Waals surface area contributed by atoms with Crippen LogP contribution in [0.15, 0.2) is 17.2 Å². The van der Waals surface area contributed by atoms with Gasteiger partial charge in [0.1, 0.15) is 15.6 Å². The molecule has 3 N–H and O–H groups in total. The van der Waals surface area contributed by atoms with E-state index in [-0.39, 0.29) is 10.6 Å². The van der Waals surface area contributed by atoms with Gasteiger partial charge in [-0.05, 0) is 30.6 Å². The third-order valence-corrected chi connectivity index (χ3v) is 7.15. The molecule has 0 bridgehead atoms. The Kier molecular flexibility index (Phi) is 7.68. The Morgan fingerprint density at radius 3 is 2.82 bits per heavy atom. The minimum atomic E-state index is -1.10. The molecule has 0 radical (unpaired) electrons. The number of rotatable bonds is 8. The average molecular weight is 443 g/mol. The summed E-state index contributed by atoms with van der Waals surface area (Å²) in [7, 11) is 0. The lowest BCUT2D eigenvalue weighted by Crippen LogP contribution is -2.42. The van der Waals surface area contributed by atoms with E-state index in [1.807, 2.05) is 19.1 Å². The number of nitrogens with one attached hydrogen (secondary N) is 2. The Hall–Kier alpha value is -1.66. The summed E-state index contributed by atoms with van der Waals surface area (Å²) in [6.07, 6.45) is 0. The van der Waals surface area contributed by atoms with E-state index in [1.165, 1.54) is 16.6 Å². The Labute approximate surface area is 175 Å². The quantitative estimate of drug-likeness (QED) is 0.540. The highest BCUT2D eigenvalue weighted by Gasteiger charge is 2.22. The number of ether oxygens (including phenoxy) is 1. The number of carboxylic acids is 1. The molecule has 0 aliphatic carbocycles. The van der Waals surface area contributed by atoms with Crippen LogP contribution in [0.25, 0.3) is 0 Å². The van der Waals surface area contributed by atoms with Crippen molar-refractivity contribution in [3.05, 3.63) is 27.5 Å². The Balaban J connectivity index is 1.53. The van der Waals surface area contributed by atoms with E-state index in [2.05, 4.69) is 19.9 Å². The van der Waals surface area contributed by atoms with E-state index in [1.54, 1.807) is 11.3 Å². The van der Waals surface area contributed by atoms with Gasteiger partial charge in [0.25, 0.3) is 0 Å². The molecule has 0 spiro atoms. The molecule has 1 fully saturated rings. The standard InChI is InChI=1S/C17H22N4O4S3/c1-11-2-3-12(27-11)10-26-15-13(16(22)23)14(28-20-15)19-17(24)18-4-5-21-6-8-25-9-7-21/h2-3H,4-10H2,1H3,(H,22,23)(H2,18,19,24). The number of thiophene rings is 1. The van der Waals surface area contributed by atoms with Crippen LogP contribution >= 0.6 is 34.6 Å². The van der Waals surface area contributed by atoms with E-state index in [0.29, 0.717) is 30.5 Å². The Bertz CT molecular complexity index is 817. The predicted octanol–water partition coefficient (Wildman–Crippen LogP) is 2.96. The summed E-state index contributed by atoms with van der Waals surface area (Å²) in [5.41, 5.74) is 0.0478. The van der Waals surface area contributed by atoms with E-state index in [4.69, 9.17) is 4.74 Å². The average Bonchev–Trinajstić information content (AvgIpc) is 3.26. The van der Waals surface area contributed by atoms with Crippen molar-refractivity contribution in [3.8, 4) is 0 Å². The van der Waals surface area contributed by atoms with Crippen LogP contribution in [0.5, 0.6) is 0 Å². The molecule has 0 aromatic carbocycles. The topological polar surface area (TPSA) is 104 Å². The highest BCUT2D eigenvalue weighted by Crippen LogP contribution is 2.34. The third kappa shape index (κ3) is 5.92. The number of anilines is 1. The lowest BCUT2D eigenvalue weighted by atomic mass is 10.3. The first kappa shape index (κ1) is 21.1. The molecule has 2 amide bonds.